The van der Waals surface area contributed by atoms with Crippen molar-refractivity contribution in [2.24, 2.45) is 0 Å². The fraction of sp³-hybridized carbons (Fsp3) is 0.759. The predicted octanol–water partition coefficient (Wildman–Crippen LogP) is 14.5. The number of likely N-dealkylation sites (N-methyl/N-ethyl adjacent to an activating group) is 1. The monoisotopic (exact) mass is 871 g/mol. The summed E-state index contributed by atoms with van der Waals surface area (Å²) >= 11 is 0. The zero-order chi connectivity index (χ0) is 45.6. The lowest BCUT2D eigenvalue weighted by Gasteiger charge is -2.31. The van der Waals surface area contributed by atoms with E-state index in [0.29, 0.717) is 19.3 Å². The highest BCUT2D eigenvalue weighted by Crippen LogP contribution is 2.15. The Morgan fingerprint density at radius 3 is 1.35 bits per heavy atom. The van der Waals surface area contributed by atoms with Crippen LogP contribution in [0.4, 0.5) is 0 Å². The second-order valence-electron chi connectivity index (χ2n) is 18.0. The van der Waals surface area contributed by atoms with Crippen LogP contribution in [0.2, 0.25) is 0 Å². The number of hydrogen-bond donors (Lipinski definition) is 1. The zero-order valence-electron chi connectivity index (χ0n) is 40.8. The normalized spacial score (nSPS) is 13.4. The molecule has 1 N–H and O–H groups in total. The molecule has 0 saturated heterocycles. The van der Waals surface area contributed by atoms with Gasteiger partial charge in [0.2, 0.25) is 0 Å². The summed E-state index contributed by atoms with van der Waals surface area (Å²) in [5.74, 6) is -1.49. The molecular formula is C54H96NO7+. The fourth-order valence-electron chi connectivity index (χ4n) is 7.25. The molecule has 0 fully saturated rings. The van der Waals surface area contributed by atoms with E-state index in [4.69, 9.17) is 14.2 Å². The van der Waals surface area contributed by atoms with Gasteiger partial charge in [-0.15, -0.1) is 0 Å². The molecule has 0 radical (unpaired) electrons. The van der Waals surface area contributed by atoms with E-state index in [2.05, 4.69) is 74.6 Å². The number of esters is 2. The van der Waals surface area contributed by atoms with Crippen LogP contribution in [0, 0.1) is 0 Å². The van der Waals surface area contributed by atoms with Gasteiger partial charge in [0.1, 0.15) is 6.61 Å². The molecule has 0 bridgehead atoms. The average Bonchev–Trinajstić information content (AvgIpc) is 3.23. The number of carbonyl (C=O) groups excluding carboxylic acids is 2. The van der Waals surface area contributed by atoms with Crippen LogP contribution < -0.4 is 0 Å². The van der Waals surface area contributed by atoms with Crippen LogP contribution in [0.5, 0.6) is 0 Å². The largest absolute Gasteiger partial charge is 0.477 e. The molecule has 0 amide bonds. The third-order valence-electron chi connectivity index (χ3n) is 11.2. The van der Waals surface area contributed by atoms with E-state index in [1.807, 2.05) is 21.1 Å². The van der Waals surface area contributed by atoms with Crippen molar-refractivity contribution in [2.45, 2.75) is 225 Å². The van der Waals surface area contributed by atoms with Gasteiger partial charge in [0, 0.05) is 19.3 Å². The fourth-order valence-corrected chi connectivity index (χ4v) is 7.25. The Bertz CT molecular complexity index is 1200. The van der Waals surface area contributed by atoms with Gasteiger partial charge < -0.3 is 23.8 Å². The van der Waals surface area contributed by atoms with Crippen molar-refractivity contribution in [1.82, 2.24) is 0 Å². The molecule has 0 aliphatic rings. The van der Waals surface area contributed by atoms with Gasteiger partial charge >= 0.3 is 17.9 Å². The van der Waals surface area contributed by atoms with Crippen molar-refractivity contribution in [3.8, 4) is 0 Å². The number of ether oxygens (including phenoxy) is 3. The Kier molecular flexibility index (Phi) is 42.5. The number of unbranched alkanes of at least 4 members (excludes halogenated alkanes) is 21. The van der Waals surface area contributed by atoms with Gasteiger partial charge in [0.25, 0.3) is 0 Å². The summed E-state index contributed by atoms with van der Waals surface area (Å²) in [4.78, 5) is 37.1. The molecule has 358 valence electrons. The minimum absolute atomic E-state index is 0.0526. The summed E-state index contributed by atoms with van der Waals surface area (Å²) in [6.45, 7) is 4.62. The molecule has 2 unspecified atom stereocenters. The van der Waals surface area contributed by atoms with Crippen LogP contribution in [0.1, 0.15) is 213 Å². The summed E-state index contributed by atoms with van der Waals surface area (Å²) in [7, 11) is 5.53. The maximum atomic E-state index is 12.8. The summed E-state index contributed by atoms with van der Waals surface area (Å²) in [5.41, 5.74) is 0. The van der Waals surface area contributed by atoms with Gasteiger partial charge in [-0.1, -0.05) is 177 Å². The molecule has 8 heteroatoms. The van der Waals surface area contributed by atoms with Crippen LogP contribution in [-0.4, -0.2) is 80.6 Å². The molecule has 0 saturated carbocycles. The highest BCUT2D eigenvalue weighted by atomic mass is 16.6. The van der Waals surface area contributed by atoms with Crippen LogP contribution >= 0.6 is 0 Å². The van der Waals surface area contributed by atoms with E-state index < -0.39 is 18.1 Å². The topological polar surface area (TPSA) is 99.1 Å². The third-order valence-corrected chi connectivity index (χ3v) is 11.2. The number of quaternary nitrogens is 1. The second-order valence-corrected chi connectivity index (χ2v) is 18.0. The first kappa shape index (κ1) is 59.0. The summed E-state index contributed by atoms with van der Waals surface area (Å²) in [5, 5.41) is 9.65. The van der Waals surface area contributed by atoms with E-state index in [1.165, 1.54) is 89.9 Å². The van der Waals surface area contributed by atoms with Crippen molar-refractivity contribution in [1.29, 1.82) is 0 Å². The average molecular weight is 871 g/mol. The Balaban J connectivity index is 4.30. The van der Waals surface area contributed by atoms with Crippen molar-refractivity contribution in [2.75, 3.05) is 41.0 Å². The van der Waals surface area contributed by atoms with Gasteiger partial charge in [0.05, 0.1) is 34.4 Å². The molecule has 8 nitrogen and oxygen atoms in total. The van der Waals surface area contributed by atoms with Gasteiger partial charge in [-0.3, -0.25) is 9.59 Å². The maximum Gasteiger partial charge on any atom is 0.362 e. The van der Waals surface area contributed by atoms with Crippen molar-refractivity contribution in [3.05, 3.63) is 60.8 Å². The van der Waals surface area contributed by atoms with Gasteiger partial charge in [-0.25, -0.2) is 4.79 Å². The third kappa shape index (κ3) is 42.3. The zero-order valence-corrected chi connectivity index (χ0v) is 40.8. The van der Waals surface area contributed by atoms with E-state index in [9.17, 15) is 19.5 Å². The number of rotatable bonds is 45. The lowest BCUT2D eigenvalue weighted by molar-refractivity contribution is -0.887. The smallest absolute Gasteiger partial charge is 0.362 e. The lowest BCUT2D eigenvalue weighted by Crippen LogP contribution is -2.50. The van der Waals surface area contributed by atoms with Crippen LogP contribution in [0.25, 0.3) is 0 Å². The molecule has 2 atom stereocenters. The Labute approximate surface area is 381 Å². The number of nitrogens with zero attached hydrogens (tertiary/aromatic N) is 1. The summed E-state index contributed by atoms with van der Waals surface area (Å²) in [6.07, 6.45) is 55.5. The van der Waals surface area contributed by atoms with Crippen molar-refractivity contribution < 1.29 is 38.2 Å². The van der Waals surface area contributed by atoms with Crippen LogP contribution in [-0.2, 0) is 28.6 Å². The van der Waals surface area contributed by atoms with E-state index in [1.54, 1.807) is 0 Å². The minimum Gasteiger partial charge on any atom is -0.477 e. The highest BCUT2D eigenvalue weighted by molar-refractivity contribution is 5.72. The molecule has 0 rings (SSSR count). The number of allylic oxidation sites excluding steroid dienone is 10. The second kappa shape index (κ2) is 44.6. The summed E-state index contributed by atoms with van der Waals surface area (Å²) < 4.78 is 17.3. The van der Waals surface area contributed by atoms with Crippen LogP contribution in [0.3, 0.4) is 0 Å². The lowest BCUT2D eigenvalue weighted by atomic mass is 10.1. The van der Waals surface area contributed by atoms with Crippen molar-refractivity contribution >= 4 is 17.9 Å². The molecule has 0 aromatic carbocycles. The predicted molar refractivity (Wildman–Crippen MR) is 261 cm³/mol. The molecule has 0 aliphatic carbocycles. The number of carboxylic acid groups (broad SMARTS) is 1. The maximum absolute atomic E-state index is 12.8. The minimum atomic E-state index is -0.878. The quantitative estimate of drug-likeness (QED) is 0.0282. The first-order valence-electron chi connectivity index (χ1n) is 25.3. The number of carbonyl (C=O) groups is 3. The standard InChI is InChI=1S/C54H95NO7/c1-6-8-10-12-14-16-18-20-22-24-26-27-29-31-33-35-37-39-41-43-45-53(57)62-50(48-60-47-46-51(54(58)59)55(3,4)5)49-61-52(56)44-42-40-38-36-34-32-30-28-25-23-21-19-17-15-13-11-9-7-2/h8,10,14,16,20,22,26-28,30,50-51H,6-7,9,11-13,15,17-19,21,23-25,29,31-49H2,1-5H3/p+1/b10-8+,16-14+,22-20+,27-26+,30-28+. The Hall–Kier alpha value is -2.97. The molecular weight excluding hydrogens is 775 g/mol. The number of hydrogen-bond acceptors (Lipinski definition) is 6. The van der Waals surface area contributed by atoms with Gasteiger partial charge in [-0.2, -0.15) is 0 Å². The molecule has 0 spiro atoms. The van der Waals surface area contributed by atoms with Gasteiger partial charge in [-0.05, 0) is 77.0 Å². The first-order valence-corrected chi connectivity index (χ1v) is 25.3. The Morgan fingerprint density at radius 2 is 0.903 bits per heavy atom. The molecule has 0 heterocycles. The van der Waals surface area contributed by atoms with E-state index in [0.717, 1.165) is 89.9 Å². The highest BCUT2D eigenvalue weighted by Gasteiger charge is 2.31. The number of carboxylic acids is 1. The number of aliphatic carboxylic acids is 1. The van der Waals surface area contributed by atoms with Gasteiger partial charge in [0.15, 0.2) is 12.1 Å². The first-order chi connectivity index (χ1) is 30.1. The molecule has 0 aliphatic heterocycles. The SMILES string of the molecule is CC/C=C/C/C=C/C/C=C/C/C=C/CCCCCCCCCC(=O)OC(COCCC(C(=O)O)[N+](C)(C)C)COC(=O)CCCCCCC/C=C/CCCCCCCCCCC. The molecule has 0 aromatic heterocycles. The molecule has 62 heavy (non-hydrogen) atoms. The Morgan fingerprint density at radius 1 is 0.500 bits per heavy atom. The van der Waals surface area contributed by atoms with E-state index >= 15 is 0 Å². The van der Waals surface area contributed by atoms with Crippen LogP contribution in [0.15, 0.2) is 60.8 Å². The van der Waals surface area contributed by atoms with Crippen molar-refractivity contribution in [3.63, 3.8) is 0 Å². The summed E-state index contributed by atoms with van der Waals surface area (Å²) in [6, 6.07) is -0.620. The molecule has 0 aromatic rings. The van der Waals surface area contributed by atoms with E-state index in [-0.39, 0.29) is 36.2 Å².